The lowest BCUT2D eigenvalue weighted by molar-refractivity contribution is -0.120. The first-order valence-electron chi connectivity index (χ1n) is 6.31. The second-order valence-corrected chi connectivity index (χ2v) is 6.91. The Morgan fingerprint density at radius 3 is 2.44 bits per heavy atom. The van der Waals surface area contributed by atoms with Crippen LogP contribution in [0.25, 0.3) is 0 Å². The minimum absolute atomic E-state index is 0.0479. The molecule has 1 amide bonds. The van der Waals surface area contributed by atoms with Crippen LogP contribution in [0.5, 0.6) is 0 Å². The van der Waals surface area contributed by atoms with Crippen molar-refractivity contribution in [3.8, 4) is 0 Å². The predicted molar refractivity (Wildman–Crippen MR) is 70.8 cm³/mol. The molecule has 1 aliphatic rings. The van der Waals surface area contributed by atoms with Gasteiger partial charge in [0.1, 0.15) is 0 Å². The molecular formula is C11H23N3O3S. The predicted octanol–water partition coefficient (Wildman–Crippen LogP) is -0.520. The minimum atomic E-state index is -3.23. The van der Waals surface area contributed by atoms with Gasteiger partial charge >= 0.3 is 0 Å². The molecule has 0 bridgehead atoms. The van der Waals surface area contributed by atoms with Crippen molar-refractivity contribution >= 4 is 15.9 Å². The largest absolute Gasteiger partial charge is 0.355 e. The molecule has 0 aliphatic carbocycles. The SMILES string of the molecule is CN(C)CCNC(=O)CCS(=O)(=O)N1CCCC1. The quantitative estimate of drug-likeness (QED) is 0.680. The van der Waals surface area contributed by atoms with E-state index < -0.39 is 10.0 Å². The maximum Gasteiger partial charge on any atom is 0.221 e. The zero-order valence-electron chi connectivity index (χ0n) is 11.2. The third kappa shape index (κ3) is 5.32. The minimum Gasteiger partial charge on any atom is -0.355 e. The molecule has 0 aromatic carbocycles. The number of hydrogen-bond acceptors (Lipinski definition) is 4. The molecule has 0 radical (unpaired) electrons. The van der Waals surface area contributed by atoms with Crippen LogP contribution in [0.3, 0.4) is 0 Å². The molecule has 0 saturated carbocycles. The van der Waals surface area contributed by atoms with E-state index in [0.717, 1.165) is 19.4 Å². The van der Waals surface area contributed by atoms with Crippen LogP contribution in [-0.4, -0.2) is 69.6 Å². The number of rotatable bonds is 7. The van der Waals surface area contributed by atoms with E-state index in [2.05, 4.69) is 5.32 Å². The van der Waals surface area contributed by atoms with E-state index in [1.807, 2.05) is 19.0 Å². The lowest BCUT2D eigenvalue weighted by Crippen LogP contribution is -2.35. The van der Waals surface area contributed by atoms with Gasteiger partial charge in [-0.3, -0.25) is 4.79 Å². The summed E-state index contributed by atoms with van der Waals surface area (Å²) in [4.78, 5) is 13.4. The summed E-state index contributed by atoms with van der Waals surface area (Å²) in [5.74, 6) is -0.277. The van der Waals surface area contributed by atoms with Gasteiger partial charge in [-0.15, -0.1) is 0 Å². The Morgan fingerprint density at radius 1 is 1.28 bits per heavy atom. The molecular weight excluding hydrogens is 254 g/mol. The molecule has 1 N–H and O–H groups in total. The van der Waals surface area contributed by atoms with E-state index in [1.54, 1.807) is 0 Å². The van der Waals surface area contributed by atoms with Crippen LogP contribution in [0.4, 0.5) is 0 Å². The summed E-state index contributed by atoms with van der Waals surface area (Å²) < 4.78 is 25.2. The van der Waals surface area contributed by atoms with Gasteiger partial charge in [0.2, 0.25) is 15.9 Å². The third-order valence-corrected chi connectivity index (χ3v) is 4.80. The van der Waals surface area contributed by atoms with Gasteiger partial charge in [-0.1, -0.05) is 0 Å². The lowest BCUT2D eigenvalue weighted by Gasteiger charge is -2.15. The number of nitrogens with zero attached hydrogens (tertiary/aromatic N) is 2. The topological polar surface area (TPSA) is 69.7 Å². The van der Waals surface area contributed by atoms with Crippen molar-refractivity contribution in [2.45, 2.75) is 19.3 Å². The smallest absolute Gasteiger partial charge is 0.221 e. The average Bonchev–Trinajstić information content (AvgIpc) is 2.80. The number of likely N-dealkylation sites (N-methyl/N-ethyl adjacent to an activating group) is 1. The highest BCUT2D eigenvalue weighted by Crippen LogP contribution is 2.13. The molecule has 106 valence electrons. The van der Waals surface area contributed by atoms with Gasteiger partial charge in [-0.25, -0.2) is 12.7 Å². The van der Waals surface area contributed by atoms with Gasteiger partial charge in [0, 0.05) is 32.6 Å². The summed E-state index contributed by atoms with van der Waals surface area (Å²) in [6.45, 7) is 2.51. The van der Waals surface area contributed by atoms with E-state index in [-0.39, 0.29) is 18.1 Å². The van der Waals surface area contributed by atoms with Crippen LogP contribution in [-0.2, 0) is 14.8 Å². The van der Waals surface area contributed by atoms with Crippen LogP contribution in [0.15, 0.2) is 0 Å². The molecule has 1 heterocycles. The molecule has 1 rings (SSSR count). The average molecular weight is 277 g/mol. The van der Waals surface area contributed by atoms with Crippen molar-refractivity contribution in [2.24, 2.45) is 0 Å². The van der Waals surface area contributed by atoms with E-state index in [1.165, 1.54) is 4.31 Å². The maximum atomic E-state index is 11.9. The van der Waals surface area contributed by atoms with Crippen molar-refractivity contribution in [3.63, 3.8) is 0 Å². The van der Waals surface area contributed by atoms with E-state index in [4.69, 9.17) is 0 Å². The number of amides is 1. The number of sulfonamides is 1. The Kier molecular flexibility index (Phi) is 6.04. The number of carbonyl (C=O) groups excluding carboxylic acids is 1. The zero-order valence-corrected chi connectivity index (χ0v) is 12.0. The summed E-state index contributed by atoms with van der Waals surface area (Å²) in [6, 6.07) is 0. The second-order valence-electron chi connectivity index (χ2n) is 4.83. The van der Waals surface area contributed by atoms with Gasteiger partial charge in [0.15, 0.2) is 0 Å². The molecule has 0 unspecified atom stereocenters. The zero-order chi connectivity index (χ0) is 13.6. The van der Waals surface area contributed by atoms with Crippen LogP contribution >= 0.6 is 0 Å². The summed E-state index contributed by atoms with van der Waals surface area (Å²) in [5.41, 5.74) is 0. The van der Waals surface area contributed by atoms with Crippen LogP contribution in [0.1, 0.15) is 19.3 Å². The third-order valence-electron chi connectivity index (χ3n) is 2.93. The van der Waals surface area contributed by atoms with Crippen LogP contribution in [0, 0.1) is 0 Å². The summed E-state index contributed by atoms with van der Waals surface area (Å²) in [5, 5.41) is 2.71. The highest BCUT2D eigenvalue weighted by atomic mass is 32.2. The molecule has 0 atom stereocenters. The molecule has 7 heteroatoms. The molecule has 0 spiro atoms. The Morgan fingerprint density at radius 2 is 1.89 bits per heavy atom. The fourth-order valence-electron chi connectivity index (χ4n) is 1.82. The normalized spacial score (nSPS) is 17.3. The molecule has 1 saturated heterocycles. The fraction of sp³-hybridized carbons (Fsp3) is 0.909. The van der Waals surface area contributed by atoms with Crippen molar-refractivity contribution in [3.05, 3.63) is 0 Å². The first kappa shape index (κ1) is 15.4. The van der Waals surface area contributed by atoms with Crippen molar-refractivity contribution < 1.29 is 13.2 Å². The fourth-order valence-corrected chi connectivity index (χ4v) is 3.34. The first-order valence-corrected chi connectivity index (χ1v) is 7.92. The molecule has 0 aromatic heterocycles. The number of carbonyl (C=O) groups is 1. The Bertz CT molecular complexity index is 362. The van der Waals surface area contributed by atoms with Gasteiger partial charge in [-0.05, 0) is 26.9 Å². The van der Waals surface area contributed by atoms with Gasteiger partial charge in [0.05, 0.1) is 5.75 Å². The Labute approximate surface area is 109 Å². The summed E-state index contributed by atoms with van der Waals surface area (Å²) >= 11 is 0. The van der Waals surface area contributed by atoms with Gasteiger partial charge in [-0.2, -0.15) is 0 Å². The highest BCUT2D eigenvalue weighted by molar-refractivity contribution is 7.89. The first-order chi connectivity index (χ1) is 8.42. The maximum absolute atomic E-state index is 11.9. The molecule has 6 nitrogen and oxygen atoms in total. The van der Waals surface area contributed by atoms with Crippen molar-refractivity contribution in [1.29, 1.82) is 0 Å². The monoisotopic (exact) mass is 277 g/mol. The molecule has 1 fully saturated rings. The van der Waals surface area contributed by atoms with Crippen LogP contribution in [0.2, 0.25) is 0 Å². The summed E-state index contributed by atoms with van der Waals surface area (Å²) in [6.07, 6.45) is 1.90. The molecule has 0 aromatic rings. The van der Waals surface area contributed by atoms with Gasteiger partial charge in [0.25, 0.3) is 0 Å². The number of nitrogens with one attached hydrogen (secondary N) is 1. The van der Waals surface area contributed by atoms with E-state index >= 15 is 0 Å². The highest BCUT2D eigenvalue weighted by Gasteiger charge is 2.25. The van der Waals surface area contributed by atoms with E-state index in [0.29, 0.717) is 19.6 Å². The summed E-state index contributed by atoms with van der Waals surface area (Å²) in [7, 11) is 0.607. The van der Waals surface area contributed by atoms with Crippen molar-refractivity contribution in [2.75, 3.05) is 46.0 Å². The van der Waals surface area contributed by atoms with E-state index in [9.17, 15) is 13.2 Å². The Balaban J connectivity index is 2.24. The molecule has 1 aliphatic heterocycles. The van der Waals surface area contributed by atoms with Crippen molar-refractivity contribution in [1.82, 2.24) is 14.5 Å². The van der Waals surface area contributed by atoms with Crippen LogP contribution < -0.4 is 5.32 Å². The Hall–Kier alpha value is -0.660. The van der Waals surface area contributed by atoms with Gasteiger partial charge < -0.3 is 10.2 Å². The molecule has 18 heavy (non-hydrogen) atoms. The second kappa shape index (κ2) is 7.06. The standard InChI is InChI=1S/C11H23N3O3S/c1-13(2)9-6-12-11(15)5-10-18(16,17)14-7-3-4-8-14/h3-10H2,1-2H3,(H,12,15). The number of hydrogen-bond donors (Lipinski definition) is 1. The lowest BCUT2D eigenvalue weighted by atomic mass is 10.4.